The minimum atomic E-state index is -2.84. The lowest BCUT2D eigenvalue weighted by Gasteiger charge is -2.10. The van der Waals surface area contributed by atoms with Crippen LogP contribution in [-0.2, 0) is 6.73 Å². The quantitative estimate of drug-likeness (QED) is 0.207. The molecule has 3 N–H and O–H groups in total. The zero-order valence-corrected chi connectivity index (χ0v) is 22.0. The molecule has 2 aromatic carbocycles. The third-order valence-corrected chi connectivity index (χ3v) is 7.20. The van der Waals surface area contributed by atoms with Crippen LogP contribution in [0.2, 0.25) is 10.0 Å². The number of anilines is 1. The van der Waals surface area contributed by atoms with E-state index >= 15 is 0 Å². The maximum absolute atomic E-state index is 13.6. The maximum atomic E-state index is 13.6. The van der Waals surface area contributed by atoms with Crippen LogP contribution in [-0.4, -0.2) is 26.6 Å². The molecular weight excluding hydrogens is 571 g/mol. The van der Waals surface area contributed by atoms with Gasteiger partial charge < -0.3 is 15.8 Å². The van der Waals surface area contributed by atoms with E-state index in [0.717, 1.165) is 11.3 Å². The molecule has 0 aliphatic heterocycles. The molecule has 5 aromatic rings. The van der Waals surface area contributed by atoms with Gasteiger partial charge in [-0.3, -0.25) is 9.59 Å². The summed E-state index contributed by atoms with van der Waals surface area (Å²) in [5, 5.41) is 7.98. The van der Waals surface area contributed by atoms with Gasteiger partial charge in [-0.25, -0.2) is 18.4 Å². The van der Waals surface area contributed by atoms with Crippen molar-refractivity contribution in [2.24, 2.45) is 5.73 Å². The summed E-state index contributed by atoms with van der Waals surface area (Å²) >= 11 is 12.8. The Morgan fingerprint density at radius 3 is 2.56 bits per heavy atom. The van der Waals surface area contributed by atoms with E-state index in [-0.39, 0.29) is 27.8 Å². The van der Waals surface area contributed by atoms with E-state index in [1.165, 1.54) is 29.1 Å². The zero-order valence-electron chi connectivity index (χ0n) is 19.7. The normalized spacial score (nSPS) is 11.2. The van der Waals surface area contributed by atoms with Crippen LogP contribution in [0.1, 0.15) is 32.3 Å². The van der Waals surface area contributed by atoms with Gasteiger partial charge in [-0.2, -0.15) is 5.10 Å². The number of carbonyl (C=O) groups is 2. The molecule has 0 saturated carbocycles. The van der Waals surface area contributed by atoms with E-state index in [2.05, 4.69) is 15.4 Å². The first-order valence-corrected chi connectivity index (χ1v) is 12.8. The van der Waals surface area contributed by atoms with Gasteiger partial charge in [0.05, 0.1) is 10.7 Å². The number of thiophene rings is 1. The fourth-order valence-corrected chi connectivity index (χ4v) is 5.30. The van der Waals surface area contributed by atoms with Gasteiger partial charge in [-0.15, -0.1) is 11.3 Å². The van der Waals surface area contributed by atoms with E-state index in [0.29, 0.717) is 32.3 Å². The Bertz CT molecular complexity index is 1710. The van der Waals surface area contributed by atoms with Crippen molar-refractivity contribution in [2.45, 2.75) is 13.2 Å². The second kappa shape index (κ2) is 11.0. The van der Waals surface area contributed by atoms with Crippen LogP contribution in [0, 0.1) is 0 Å². The number of halogens is 4. The first kappa shape index (κ1) is 26.5. The summed E-state index contributed by atoms with van der Waals surface area (Å²) in [6.45, 7) is -0.0545. The van der Waals surface area contributed by atoms with Gasteiger partial charge in [0, 0.05) is 16.6 Å². The summed E-state index contributed by atoms with van der Waals surface area (Å²) in [7, 11) is 0. The summed E-state index contributed by atoms with van der Waals surface area (Å²) in [6, 6.07) is 16.2. The van der Waals surface area contributed by atoms with Crippen LogP contribution < -0.4 is 15.8 Å². The number of nitrogens with zero attached hydrogens (tertiary/aromatic N) is 3. The van der Waals surface area contributed by atoms with Crippen molar-refractivity contribution in [2.75, 3.05) is 5.32 Å². The van der Waals surface area contributed by atoms with Gasteiger partial charge in [0.1, 0.15) is 21.2 Å². The molecule has 0 fully saturated rings. The molecule has 0 atom stereocenters. The summed E-state index contributed by atoms with van der Waals surface area (Å²) in [5.74, 6) is -1.12. The Morgan fingerprint density at radius 1 is 1.10 bits per heavy atom. The number of alkyl halides is 2. The van der Waals surface area contributed by atoms with Gasteiger partial charge in [-0.1, -0.05) is 53.5 Å². The van der Waals surface area contributed by atoms with Crippen molar-refractivity contribution in [3.8, 4) is 16.9 Å². The molecule has 0 bridgehead atoms. The predicted molar refractivity (Wildman–Crippen MR) is 146 cm³/mol. The minimum Gasteiger partial charge on any atom is -0.470 e. The lowest BCUT2D eigenvalue weighted by molar-refractivity contribution is 0.100. The second-order valence-corrected chi connectivity index (χ2v) is 10.00. The van der Waals surface area contributed by atoms with E-state index in [1.807, 2.05) is 0 Å². The van der Waals surface area contributed by atoms with Crippen LogP contribution in [0.25, 0.3) is 21.3 Å². The molecule has 198 valence electrons. The van der Waals surface area contributed by atoms with Crippen molar-refractivity contribution in [3.05, 3.63) is 93.2 Å². The fourth-order valence-electron chi connectivity index (χ4n) is 3.83. The number of amides is 2. The van der Waals surface area contributed by atoms with Gasteiger partial charge >= 0.3 is 0 Å². The molecular formula is C26H17Cl2F2N5O3S. The molecule has 0 spiro atoms. The van der Waals surface area contributed by atoms with E-state index in [9.17, 15) is 18.4 Å². The maximum Gasteiger partial charge on any atom is 0.280 e. The number of hydrogen-bond acceptors (Lipinski definition) is 6. The van der Waals surface area contributed by atoms with Crippen LogP contribution in [0.5, 0.6) is 5.75 Å². The summed E-state index contributed by atoms with van der Waals surface area (Å²) in [5.41, 5.74) is 6.17. The molecule has 5 rings (SSSR count). The highest BCUT2D eigenvalue weighted by molar-refractivity contribution is 7.21. The van der Waals surface area contributed by atoms with E-state index in [4.69, 9.17) is 33.7 Å². The highest BCUT2D eigenvalue weighted by atomic mass is 35.5. The number of rotatable bonds is 8. The topological polar surface area (TPSA) is 112 Å². The number of nitrogens with two attached hydrogens (primary N) is 1. The number of fused-ring (bicyclic) bond motifs is 1. The number of hydrogen-bond donors (Lipinski definition) is 2. The van der Waals surface area contributed by atoms with Crippen molar-refractivity contribution < 1.29 is 23.1 Å². The van der Waals surface area contributed by atoms with Gasteiger partial charge in [0.15, 0.2) is 12.4 Å². The number of pyridine rings is 1. The number of carbonyl (C=O) groups excluding carboxylic acids is 2. The standard InChI is InChI=1S/C26H17Cl2F2N5O3S/c27-14-6-7-19(16(28)10-14)38-12-35-9-8-17(34-35)25(37)33-21-20-15(13-4-2-1-3-5-13)11-18(23(29)30)32-26(20)39-22(21)24(31)36/h1-11,23H,12H2,(H2,31,36)(H,33,37). The lowest BCUT2D eigenvalue weighted by Crippen LogP contribution is -2.18. The lowest BCUT2D eigenvalue weighted by atomic mass is 10.0. The summed E-state index contributed by atoms with van der Waals surface area (Å²) in [6.07, 6.45) is -1.33. The van der Waals surface area contributed by atoms with Crippen LogP contribution in [0.4, 0.5) is 14.5 Å². The van der Waals surface area contributed by atoms with E-state index < -0.39 is 23.9 Å². The third kappa shape index (κ3) is 5.56. The number of benzene rings is 2. The average Bonchev–Trinajstić information content (AvgIpc) is 3.53. The Kier molecular flexibility index (Phi) is 7.47. The number of nitrogens with one attached hydrogen (secondary N) is 1. The smallest absolute Gasteiger partial charge is 0.280 e. The SMILES string of the molecule is NC(=O)c1sc2nc(C(F)F)cc(-c3ccccc3)c2c1NC(=O)c1ccn(COc2ccc(Cl)cc2Cl)n1. The van der Waals surface area contributed by atoms with Crippen molar-refractivity contribution in [3.63, 3.8) is 0 Å². The summed E-state index contributed by atoms with van der Waals surface area (Å²) in [4.78, 5) is 29.6. The molecule has 3 heterocycles. The molecule has 13 heteroatoms. The molecule has 0 unspecified atom stereocenters. The number of ether oxygens (including phenoxy) is 1. The first-order chi connectivity index (χ1) is 18.7. The fraction of sp³-hybridized carbons (Fsp3) is 0.0769. The number of aromatic nitrogens is 3. The first-order valence-electron chi connectivity index (χ1n) is 11.2. The van der Waals surface area contributed by atoms with E-state index in [1.54, 1.807) is 42.5 Å². The molecule has 3 aromatic heterocycles. The van der Waals surface area contributed by atoms with Crippen LogP contribution in [0.15, 0.2) is 66.9 Å². The van der Waals surface area contributed by atoms with Crippen molar-refractivity contribution in [1.82, 2.24) is 14.8 Å². The third-order valence-electron chi connectivity index (χ3n) is 5.57. The molecule has 2 amide bonds. The molecule has 0 saturated heterocycles. The molecule has 0 aliphatic carbocycles. The zero-order chi connectivity index (χ0) is 27.7. The largest absolute Gasteiger partial charge is 0.470 e. The highest BCUT2D eigenvalue weighted by Crippen LogP contribution is 2.42. The second-order valence-electron chi connectivity index (χ2n) is 8.15. The van der Waals surface area contributed by atoms with Crippen LogP contribution in [0.3, 0.4) is 0 Å². The molecule has 39 heavy (non-hydrogen) atoms. The molecule has 8 nitrogen and oxygen atoms in total. The molecule has 0 aliphatic rings. The minimum absolute atomic E-state index is 0.00833. The predicted octanol–water partition coefficient (Wildman–Crippen LogP) is 6.79. The Balaban J connectivity index is 1.48. The Hall–Kier alpha value is -4.06. The highest BCUT2D eigenvalue weighted by Gasteiger charge is 2.25. The van der Waals surface area contributed by atoms with Gasteiger partial charge in [0.2, 0.25) is 0 Å². The molecule has 0 radical (unpaired) electrons. The monoisotopic (exact) mass is 587 g/mol. The Labute approximate surface area is 233 Å². The summed E-state index contributed by atoms with van der Waals surface area (Å²) < 4.78 is 34.3. The van der Waals surface area contributed by atoms with Crippen LogP contribution >= 0.6 is 34.5 Å². The Morgan fingerprint density at radius 2 is 1.87 bits per heavy atom. The van der Waals surface area contributed by atoms with Crippen molar-refractivity contribution in [1.29, 1.82) is 0 Å². The number of primary amides is 1. The average molecular weight is 588 g/mol. The van der Waals surface area contributed by atoms with Crippen molar-refractivity contribution >= 4 is 62.3 Å². The van der Waals surface area contributed by atoms with Gasteiger partial charge in [0.25, 0.3) is 18.2 Å². The van der Waals surface area contributed by atoms with Gasteiger partial charge in [-0.05, 0) is 41.5 Å².